The lowest BCUT2D eigenvalue weighted by atomic mass is 10.1. The Kier molecular flexibility index (Phi) is 3.80. The number of amides is 1. The molecule has 0 aliphatic carbocycles. The molecule has 1 aliphatic rings. The molecule has 1 atom stereocenters. The smallest absolute Gasteiger partial charge is 0.297 e. The van der Waals surface area contributed by atoms with Crippen molar-refractivity contribution in [3.8, 4) is 0 Å². The van der Waals surface area contributed by atoms with Gasteiger partial charge in [-0.15, -0.1) is 0 Å². The van der Waals surface area contributed by atoms with Gasteiger partial charge in [0.1, 0.15) is 11.5 Å². The van der Waals surface area contributed by atoms with Crippen molar-refractivity contribution in [1.82, 2.24) is 4.98 Å². The van der Waals surface area contributed by atoms with E-state index in [1.807, 2.05) is 0 Å². The van der Waals surface area contributed by atoms with Crippen molar-refractivity contribution in [3.63, 3.8) is 0 Å². The van der Waals surface area contributed by atoms with Crippen LogP contribution < -0.4 is 4.90 Å². The first-order valence-corrected chi connectivity index (χ1v) is 5.77. The lowest BCUT2D eigenvalue weighted by Crippen LogP contribution is -2.26. The summed E-state index contributed by atoms with van der Waals surface area (Å²) >= 11 is 0. The Morgan fingerprint density at radius 3 is 2.90 bits per heavy atom. The Morgan fingerprint density at radius 2 is 2.25 bits per heavy atom. The average molecular weight is 285 g/mol. The summed E-state index contributed by atoms with van der Waals surface area (Å²) in [6, 6.07) is 3.41. The van der Waals surface area contributed by atoms with E-state index in [9.17, 15) is 18.0 Å². The van der Waals surface area contributed by atoms with E-state index in [1.54, 1.807) is 0 Å². The van der Waals surface area contributed by atoms with Crippen molar-refractivity contribution >= 4 is 11.7 Å². The van der Waals surface area contributed by atoms with Gasteiger partial charge in [-0.05, 0) is 23.6 Å². The second kappa shape index (κ2) is 5.38. The maximum absolute atomic E-state index is 12.6. The molecule has 106 valence electrons. The number of carbonyl (C=O) groups is 1. The van der Waals surface area contributed by atoms with E-state index >= 15 is 0 Å². The highest BCUT2D eigenvalue weighted by Gasteiger charge is 2.35. The molecule has 0 N–H and O–H groups in total. The summed E-state index contributed by atoms with van der Waals surface area (Å²) in [6.45, 7) is 0.337. The number of azide groups is 1. The number of hydrogen-bond acceptors (Lipinski definition) is 3. The predicted molar refractivity (Wildman–Crippen MR) is 63.7 cm³/mol. The first-order chi connectivity index (χ1) is 9.41. The van der Waals surface area contributed by atoms with Gasteiger partial charge in [0.05, 0.1) is 0 Å². The second-order valence-corrected chi connectivity index (χ2v) is 4.37. The van der Waals surface area contributed by atoms with Gasteiger partial charge in [0.25, 0.3) is 0 Å². The highest BCUT2D eigenvalue weighted by Crippen LogP contribution is 2.30. The first-order valence-electron chi connectivity index (χ1n) is 5.77. The molecule has 1 aromatic rings. The molecule has 1 saturated heterocycles. The van der Waals surface area contributed by atoms with Gasteiger partial charge in [0.2, 0.25) is 5.91 Å². The van der Waals surface area contributed by atoms with Crippen molar-refractivity contribution in [2.24, 2.45) is 11.0 Å². The SMILES string of the molecule is [N-]=[N+]=NCC1CC(=O)N(c2cccc(C(F)(F)F)n2)C1. The van der Waals surface area contributed by atoms with Crippen molar-refractivity contribution in [3.05, 3.63) is 34.3 Å². The number of rotatable bonds is 3. The Balaban J connectivity index is 2.20. The first kappa shape index (κ1) is 14.1. The number of alkyl halides is 3. The highest BCUT2D eigenvalue weighted by molar-refractivity contribution is 5.94. The molecule has 0 saturated carbocycles. The largest absolute Gasteiger partial charge is 0.433 e. The molecule has 1 fully saturated rings. The molecular weight excluding hydrogens is 275 g/mol. The van der Waals surface area contributed by atoms with Crippen LogP contribution in [0.15, 0.2) is 23.3 Å². The van der Waals surface area contributed by atoms with Gasteiger partial charge in [0.15, 0.2) is 0 Å². The van der Waals surface area contributed by atoms with E-state index in [0.717, 1.165) is 6.07 Å². The van der Waals surface area contributed by atoms with E-state index in [1.165, 1.54) is 17.0 Å². The van der Waals surface area contributed by atoms with Crippen molar-refractivity contribution in [2.45, 2.75) is 12.6 Å². The van der Waals surface area contributed by atoms with Crippen molar-refractivity contribution in [1.29, 1.82) is 0 Å². The molecule has 1 unspecified atom stereocenters. The highest BCUT2D eigenvalue weighted by atomic mass is 19.4. The Bertz CT molecular complexity index is 567. The van der Waals surface area contributed by atoms with Crippen LogP contribution in [-0.4, -0.2) is 24.0 Å². The topological polar surface area (TPSA) is 82.0 Å². The summed E-state index contributed by atoms with van der Waals surface area (Å²) in [7, 11) is 0. The van der Waals surface area contributed by atoms with Crippen LogP contribution in [0, 0.1) is 5.92 Å². The third-order valence-corrected chi connectivity index (χ3v) is 2.91. The maximum atomic E-state index is 12.6. The van der Waals surface area contributed by atoms with Crippen molar-refractivity contribution < 1.29 is 18.0 Å². The van der Waals surface area contributed by atoms with Crippen LogP contribution in [0.25, 0.3) is 10.4 Å². The number of carbonyl (C=O) groups excluding carboxylic acids is 1. The summed E-state index contributed by atoms with van der Waals surface area (Å²) in [4.78, 5) is 19.0. The van der Waals surface area contributed by atoms with Crippen LogP contribution in [0.5, 0.6) is 0 Å². The molecule has 1 amide bonds. The fourth-order valence-corrected chi connectivity index (χ4v) is 2.01. The van der Waals surface area contributed by atoms with E-state index < -0.39 is 11.9 Å². The molecule has 1 aromatic heterocycles. The van der Waals surface area contributed by atoms with E-state index in [-0.39, 0.29) is 37.2 Å². The standard InChI is InChI=1S/C11H10F3N5O/c12-11(13,14)8-2-1-3-9(17-8)19-6-7(4-10(19)20)5-16-18-15/h1-3,7H,4-6H2. The van der Waals surface area contributed by atoms with Crippen LogP contribution in [0.2, 0.25) is 0 Å². The monoisotopic (exact) mass is 285 g/mol. The zero-order valence-corrected chi connectivity index (χ0v) is 10.2. The summed E-state index contributed by atoms with van der Waals surface area (Å²) < 4.78 is 37.7. The predicted octanol–water partition coefficient (Wildman–Crippen LogP) is 2.76. The zero-order valence-electron chi connectivity index (χ0n) is 10.2. The fourth-order valence-electron chi connectivity index (χ4n) is 2.01. The minimum absolute atomic E-state index is 0.0340. The van der Waals surface area contributed by atoms with Gasteiger partial charge >= 0.3 is 6.18 Å². The van der Waals surface area contributed by atoms with Crippen molar-refractivity contribution in [2.75, 3.05) is 18.0 Å². The Morgan fingerprint density at radius 1 is 1.50 bits per heavy atom. The molecule has 0 radical (unpaired) electrons. The Hall–Kier alpha value is -2.28. The molecule has 0 bridgehead atoms. The number of nitrogens with zero attached hydrogens (tertiary/aromatic N) is 5. The maximum Gasteiger partial charge on any atom is 0.433 e. The van der Waals surface area contributed by atoms with Crippen LogP contribution >= 0.6 is 0 Å². The molecule has 20 heavy (non-hydrogen) atoms. The van der Waals surface area contributed by atoms with Gasteiger partial charge in [0, 0.05) is 24.4 Å². The van der Waals surface area contributed by atoms with Crippen LogP contribution in [0.1, 0.15) is 12.1 Å². The van der Waals surface area contributed by atoms with E-state index in [4.69, 9.17) is 5.53 Å². The number of halogens is 3. The van der Waals surface area contributed by atoms with Gasteiger partial charge in [-0.2, -0.15) is 13.2 Å². The summed E-state index contributed by atoms with van der Waals surface area (Å²) in [5.41, 5.74) is 7.18. The quantitative estimate of drug-likeness (QED) is 0.486. The van der Waals surface area contributed by atoms with Gasteiger partial charge in [-0.1, -0.05) is 11.2 Å². The minimum atomic E-state index is -4.55. The molecule has 1 aliphatic heterocycles. The molecule has 6 nitrogen and oxygen atoms in total. The molecule has 0 aromatic carbocycles. The third kappa shape index (κ3) is 3.00. The third-order valence-electron chi connectivity index (χ3n) is 2.91. The van der Waals surface area contributed by atoms with Gasteiger partial charge in [-0.3, -0.25) is 9.69 Å². The van der Waals surface area contributed by atoms with E-state index in [2.05, 4.69) is 15.0 Å². The molecule has 0 spiro atoms. The fraction of sp³-hybridized carbons (Fsp3) is 0.455. The van der Waals surface area contributed by atoms with Crippen LogP contribution in [0.4, 0.5) is 19.0 Å². The number of aromatic nitrogens is 1. The molecular formula is C11H10F3N5O. The Labute approximate surface area is 111 Å². The number of pyridine rings is 1. The summed E-state index contributed by atoms with van der Waals surface area (Å²) in [5, 5.41) is 3.37. The van der Waals surface area contributed by atoms with Gasteiger partial charge in [-0.25, -0.2) is 4.98 Å². The summed E-state index contributed by atoms with van der Waals surface area (Å²) in [6.07, 6.45) is -4.42. The zero-order chi connectivity index (χ0) is 14.8. The van der Waals surface area contributed by atoms with Crippen LogP contribution in [0.3, 0.4) is 0 Å². The average Bonchev–Trinajstić information content (AvgIpc) is 2.77. The number of hydrogen-bond donors (Lipinski definition) is 0. The summed E-state index contributed by atoms with van der Waals surface area (Å²) in [5.74, 6) is -0.557. The van der Waals surface area contributed by atoms with Gasteiger partial charge < -0.3 is 0 Å². The lowest BCUT2D eigenvalue weighted by Gasteiger charge is -2.16. The van der Waals surface area contributed by atoms with E-state index in [0.29, 0.717) is 0 Å². The molecule has 9 heteroatoms. The van der Waals surface area contributed by atoms with Crippen LogP contribution in [-0.2, 0) is 11.0 Å². The minimum Gasteiger partial charge on any atom is -0.297 e. The normalized spacial score (nSPS) is 19.1. The second-order valence-electron chi connectivity index (χ2n) is 4.37. The number of anilines is 1. The molecule has 2 rings (SSSR count). The molecule has 2 heterocycles. The lowest BCUT2D eigenvalue weighted by molar-refractivity contribution is -0.141.